The maximum atomic E-state index is 12.5. The molecule has 1 aliphatic rings. The van der Waals surface area contributed by atoms with Crippen molar-refractivity contribution in [3.05, 3.63) is 41.1 Å². The molecule has 1 aromatic carbocycles. The van der Waals surface area contributed by atoms with Gasteiger partial charge in [-0.25, -0.2) is 0 Å². The minimum Gasteiger partial charge on any atom is -0.505 e. The number of hydrogen-bond acceptors (Lipinski definition) is 3. The summed E-state index contributed by atoms with van der Waals surface area (Å²) in [6, 6.07) is 7.90. The van der Waals surface area contributed by atoms with Gasteiger partial charge in [0, 0.05) is 12.7 Å². The SMILES string of the molecule is CCc1c(O)c(C(=O)Nc2ccc(C3CCCCC3)cc2)c(O)n1C. The summed E-state index contributed by atoms with van der Waals surface area (Å²) in [7, 11) is 1.63. The maximum absolute atomic E-state index is 12.5. The summed E-state index contributed by atoms with van der Waals surface area (Å²) in [4.78, 5) is 12.5. The van der Waals surface area contributed by atoms with Crippen molar-refractivity contribution in [2.24, 2.45) is 7.05 Å². The summed E-state index contributed by atoms with van der Waals surface area (Å²) < 4.78 is 1.44. The fraction of sp³-hybridized carbons (Fsp3) is 0.450. The molecule has 0 atom stereocenters. The van der Waals surface area contributed by atoms with E-state index in [1.165, 1.54) is 42.2 Å². The zero-order valence-corrected chi connectivity index (χ0v) is 14.9. The van der Waals surface area contributed by atoms with Crippen molar-refractivity contribution >= 4 is 11.6 Å². The Morgan fingerprint density at radius 3 is 2.36 bits per heavy atom. The van der Waals surface area contributed by atoms with Gasteiger partial charge in [0.1, 0.15) is 5.56 Å². The molecule has 0 unspecified atom stereocenters. The number of rotatable bonds is 4. The van der Waals surface area contributed by atoms with Crippen LogP contribution in [0.2, 0.25) is 0 Å². The van der Waals surface area contributed by atoms with E-state index in [2.05, 4.69) is 17.4 Å². The van der Waals surface area contributed by atoms with Crippen molar-refractivity contribution in [1.29, 1.82) is 0 Å². The van der Waals surface area contributed by atoms with Gasteiger partial charge in [-0.05, 0) is 42.9 Å². The van der Waals surface area contributed by atoms with Crippen LogP contribution in [0, 0.1) is 0 Å². The van der Waals surface area contributed by atoms with Crippen LogP contribution in [-0.4, -0.2) is 20.7 Å². The zero-order valence-electron chi connectivity index (χ0n) is 14.9. The molecule has 1 amide bonds. The number of nitrogens with zero attached hydrogens (tertiary/aromatic N) is 1. The topological polar surface area (TPSA) is 74.5 Å². The minimum atomic E-state index is -0.504. The normalized spacial score (nSPS) is 15.3. The van der Waals surface area contributed by atoms with E-state index in [4.69, 9.17) is 0 Å². The molecule has 1 heterocycles. The summed E-state index contributed by atoms with van der Waals surface area (Å²) in [5, 5.41) is 23.1. The molecule has 1 saturated carbocycles. The van der Waals surface area contributed by atoms with Crippen LogP contribution < -0.4 is 5.32 Å². The van der Waals surface area contributed by atoms with Crippen molar-refractivity contribution in [2.75, 3.05) is 5.32 Å². The number of amides is 1. The number of aromatic nitrogens is 1. The average Bonchev–Trinajstić information content (AvgIpc) is 2.85. The van der Waals surface area contributed by atoms with Crippen LogP contribution in [0.1, 0.15) is 66.6 Å². The molecule has 0 spiro atoms. The minimum absolute atomic E-state index is 0.0734. The Morgan fingerprint density at radius 1 is 1.16 bits per heavy atom. The van der Waals surface area contributed by atoms with Gasteiger partial charge < -0.3 is 20.1 Å². The van der Waals surface area contributed by atoms with Gasteiger partial charge in [0.2, 0.25) is 5.88 Å². The third kappa shape index (κ3) is 3.36. The first-order valence-corrected chi connectivity index (χ1v) is 9.03. The highest BCUT2D eigenvalue weighted by Crippen LogP contribution is 2.35. The molecule has 0 radical (unpaired) electrons. The van der Waals surface area contributed by atoms with E-state index in [0.717, 1.165) is 0 Å². The lowest BCUT2D eigenvalue weighted by molar-refractivity contribution is 0.102. The van der Waals surface area contributed by atoms with Gasteiger partial charge in [-0.1, -0.05) is 38.3 Å². The molecule has 5 heteroatoms. The standard InChI is InChI=1S/C20H26N2O3/c1-3-16-18(23)17(20(25)22(16)2)19(24)21-15-11-9-14(10-12-15)13-7-5-4-6-8-13/h9-13,23,25H,3-8H2,1-2H3,(H,21,24). The van der Waals surface area contributed by atoms with Crippen LogP contribution in [0.3, 0.4) is 0 Å². The Labute approximate surface area is 148 Å². The molecule has 1 aliphatic carbocycles. The van der Waals surface area contributed by atoms with E-state index in [9.17, 15) is 15.0 Å². The summed E-state index contributed by atoms with van der Waals surface area (Å²) >= 11 is 0. The molecule has 0 bridgehead atoms. The van der Waals surface area contributed by atoms with Gasteiger partial charge in [0.15, 0.2) is 5.75 Å². The van der Waals surface area contributed by atoms with E-state index in [0.29, 0.717) is 23.7 Å². The fourth-order valence-electron chi connectivity index (χ4n) is 3.79. The van der Waals surface area contributed by atoms with Gasteiger partial charge in [-0.15, -0.1) is 0 Å². The van der Waals surface area contributed by atoms with E-state index in [-0.39, 0.29) is 17.2 Å². The first kappa shape index (κ1) is 17.4. The van der Waals surface area contributed by atoms with Crippen molar-refractivity contribution in [3.63, 3.8) is 0 Å². The average molecular weight is 342 g/mol. The van der Waals surface area contributed by atoms with Gasteiger partial charge in [0.05, 0.1) is 5.69 Å². The summed E-state index contributed by atoms with van der Waals surface area (Å²) in [6.07, 6.45) is 6.90. The molecule has 3 rings (SSSR count). The molecule has 3 N–H and O–H groups in total. The number of carbonyl (C=O) groups is 1. The molecule has 5 nitrogen and oxygen atoms in total. The quantitative estimate of drug-likeness (QED) is 0.775. The molecule has 0 saturated heterocycles. The second-order valence-electron chi connectivity index (χ2n) is 6.82. The molecule has 2 aromatic rings. The molecule has 0 aliphatic heterocycles. The fourth-order valence-corrected chi connectivity index (χ4v) is 3.79. The van der Waals surface area contributed by atoms with Gasteiger partial charge in [-0.2, -0.15) is 0 Å². The molecule has 134 valence electrons. The number of benzene rings is 1. The van der Waals surface area contributed by atoms with E-state index in [1.54, 1.807) is 7.05 Å². The summed E-state index contributed by atoms with van der Waals surface area (Å²) in [5.74, 6) is -0.256. The highest BCUT2D eigenvalue weighted by atomic mass is 16.3. The number of anilines is 1. The highest BCUT2D eigenvalue weighted by molar-refractivity contribution is 6.08. The summed E-state index contributed by atoms with van der Waals surface area (Å²) in [5.41, 5.74) is 2.44. The lowest BCUT2D eigenvalue weighted by Gasteiger charge is -2.22. The van der Waals surface area contributed by atoms with Gasteiger partial charge in [-0.3, -0.25) is 4.79 Å². The van der Waals surface area contributed by atoms with Crippen molar-refractivity contribution in [3.8, 4) is 11.6 Å². The molecule has 1 aromatic heterocycles. The van der Waals surface area contributed by atoms with E-state index >= 15 is 0 Å². The monoisotopic (exact) mass is 342 g/mol. The molecule has 25 heavy (non-hydrogen) atoms. The van der Waals surface area contributed by atoms with Gasteiger partial charge in [0.25, 0.3) is 5.91 Å². The number of nitrogens with one attached hydrogen (secondary N) is 1. The van der Waals surface area contributed by atoms with E-state index < -0.39 is 5.91 Å². The maximum Gasteiger partial charge on any atom is 0.264 e. The lowest BCUT2D eigenvalue weighted by Crippen LogP contribution is -2.12. The number of aromatic hydroxyl groups is 2. The lowest BCUT2D eigenvalue weighted by atomic mass is 9.84. The van der Waals surface area contributed by atoms with Crippen LogP contribution in [0.15, 0.2) is 24.3 Å². The van der Waals surface area contributed by atoms with Crippen molar-refractivity contribution in [1.82, 2.24) is 4.57 Å². The third-order valence-corrected chi connectivity index (χ3v) is 5.26. The number of carbonyl (C=O) groups excluding carboxylic acids is 1. The molecular weight excluding hydrogens is 316 g/mol. The van der Waals surface area contributed by atoms with Crippen LogP contribution in [0.25, 0.3) is 0 Å². The van der Waals surface area contributed by atoms with Crippen molar-refractivity contribution < 1.29 is 15.0 Å². The van der Waals surface area contributed by atoms with Crippen LogP contribution in [-0.2, 0) is 13.5 Å². The smallest absolute Gasteiger partial charge is 0.264 e. The Hall–Kier alpha value is -2.43. The second-order valence-corrected chi connectivity index (χ2v) is 6.82. The van der Waals surface area contributed by atoms with E-state index in [1.807, 2.05) is 19.1 Å². The Bertz CT molecular complexity index is 756. The second kappa shape index (κ2) is 7.21. The largest absolute Gasteiger partial charge is 0.505 e. The predicted molar refractivity (Wildman–Crippen MR) is 98.3 cm³/mol. The predicted octanol–water partition coefficient (Wildman–Crippen LogP) is 4.30. The first-order chi connectivity index (χ1) is 12.0. The van der Waals surface area contributed by atoms with Crippen LogP contribution >= 0.6 is 0 Å². The third-order valence-electron chi connectivity index (χ3n) is 5.26. The van der Waals surface area contributed by atoms with Gasteiger partial charge >= 0.3 is 0 Å². The first-order valence-electron chi connectivity index (χ1n) is 9.03. The molecule has 1 fully saturated rings. The Morgan fingerprint density at radius 2 is 1.80 bits per heavy atom. The summed E-state index contributed by atoms with van der Waals surface area (Å²) in [6.45, 7) is 1.86. The van der Waals surface area contributed by atoms with Crippen LogP contribution in [0.4, 0.5) is 5.69 Å². The number of hydrogen-bond donors (Lipinski definition) is 3. The zero-order chi connectivity index (χ0) is 18.0. The highest BCUT2D eigenvalue weighted by Gasteiger charge is 2.25. The Kier molecular flexibility index (Phi) is 5.02. The molecular formula is C20H26N2O3. The Balaban J connectivity index is 1.75. The van der Waals surface area contributed by atoms with Crippen molar-refractivity contribution in [2.45, 2.75) is 51.4 Å². The van der Waals surface area contributed by atoms with Crippen LogP contribution in [0.5, 0.6) is 11.6 Å².